The Morgan fingerprint density at radius 2 is 2.09 bits per heavy atom. The van der Waals surface area contributed by atoms with Crippen LogP contribution in [0.3, 0.4) is 0 Å². The summed E-state index contributed by atoms with van der Waals surface area (Å²) < 4.78 is 0. The van der Waals surface area contributed by atoms with Crippen LogP contribution in [-0.2, 0) is 0 Å². The van der Waals surface area contributed by atoms with E-state index in [-0.39, 0.29) is 0 Å². The van der Waals surface area contributed by atoms with Gasteiger partial charge < -0.3 is 0 Å². The normalized spacial score (nSPS) is 34.9. The van der Waals surface area contributed by atoms with E-state index in [1.807, 2.05) is 6.08 Å². The average molecular weight is 149 g/mol. The lowest BCUT2D eigenvalue weighted by Gasteiger charge is -2.16. The number of nitrogens with zero attached hydrogens (tertiary/aromatic N) is 1. The highest BCUT2D eigenvalue weighted by molar-refractivity contribution is 5.14. The first-order valence-electron chi connectivity index (χ1n) is 4.32. The van der Waals surface area contributed by atoms with E-state index in [2.05, 4.69) is 18.1 Å². The van der Waals surface area contributed by atoms with Gasteiger partial charge in [-0.1, -0.05) is 19.2 Å². The number of hydrogen-bond donors (Lipinski definition) is 0. The zero-order valence-corrected chi connectivity index (χ0v) is 6.92. The first kappa shape index (κ1) is 7.11. The minimum absolute atomic E-state index is 1.03. The molecule has 2 fully saturated rings. The first-order chi connectivity index (χ1) is 5.29. The maximum absolute atomic E-state index is 3.92. The second-order valence-electron chi connectivity index (χ2n) is 3.81. The monoisotopic (exact) mass is 149 g/mol. The highest BCUT2D eigenvalue weighted by atomic mass is 15.2. The average Bonchev–Trinajstić information content (AvgIpc) is 2.60. The van der Waals surface area contributed by atoms with Gasteiger partial charge in [-0.3, -0.25) is 4.90 Å². The van der Waals surface area contributed by atoms with E-state index in [4.69, 9.17) is 0 Å². The molecule has 0 bridgehead atoms. The Kier molecular flexibility index (Phi) is 1.61. The largest absolute Gasteiger partial charge is 0.299 e. The Bertz CT molecular complexity index is 185. The fourth-order valence-corrected chi connectivity index (χ4v) is 1.98. The molecule has 60 valence electrons. The number of rotatable bonds is 3. The van der Waals surface area contributed by atoms with E-state index in [1.165, 1.54) is 19.5 Å². The van der Waals surface area contributed by atoms with Gasteiger partial charge >= 0.3 is 0 Å². The predicted octanol–water partition coefficient (Wildman–Crippen LogP) is 1.68. The fraction of sp³-hybridized carbons (Fsp3) is 0.600. The zero-order valence-electron chi connectivity index (χ0n) is 6.92. The second kappa shape index (κ2) is 2.49. The molecule has 0 aromatic rings. The molecule has 0 N–H and O–H groups in total. The van der Waals surface area contributed by atoms with Crippen LogP contribution < -0.4 is 0 Å². The fourth-order valence-electron chi connectivity index (χ4n) is 1.98. The molecule has 1 heteroatoms. The third-order valence-corrected chi connectivity index (χ3v) is 2.77. The third-order valence-electron chi connectivity index (χ3n) is 2.77. The van der Waals surface area contributed by atoms with Gasteiger partial charge in [0.1, 0.15) is 0 Å². The van der Waals surface area contributed by atoms with E-state index in [9.17, 15) is 0 Å². The molecule has 1 heterocycles. The van der Waals surface area contributed by atoms with Gasteiger partial charge in [-0.2, -0.15) is 0 Å². The van der Waals surface area contributed by atoms with Crippen LogP contribution in [0.25, 0.3) is 0 Å². The summed E-state index contributed by atoms with van der Waals surface area (Å²) in [5.41, 5.74) is 1.16. The van der Waals surface area contributed by atoms with Crippen molar-refractivity contribution in [3.8, 4) is 0 Å². The van der Waals surface area contributed by atoms with E-state index in [0.717, 1.165) is 24.0 Å². The third kappa shape index (κ3) is 1.38. The van der Waals surface area contributed by atoms with E-state index >= 15 is 0 Å². The summed E-state index contributed by atoms with van der Waals surface area (Å²) in [4.78, 5) is 2.49. The van der Waals surface area contributed by atoms with Crippen molar-refractivity contribution in [2.45, 2.75) is 6.42 Å². The van der Waals surface area contributed by atoms with Crippen LogP contribution in [-0.4, -0.2) is 24.5 Å². The van der Waals surface area contributed by atoms with E-state index in [1.54, 1.807) is 0 Å². The smallest absolute Gasteiger partial charge is 0.0227 e. The molecule has 11 heavy (non-hydrogen) atoms. The summed E-state index contributed by atoms with van der Waals surface area (Å²) in [5, 5.41) is 0. The van der Waals surface area contributed by atoms with Gasteiger partial charge in [0, 0.05) is 19.6 Å². The number of fused-ring (bicyclic) bond motifs is 1. The molecule has 0 aromatic heterocycles. The molecule has 1 aliphatic heterocycles. The van der Waals surface area contributed by atoms with Crippen LogP contribution >= 0.6 is 0 Å². The van der Waals surface area contributed by atoms with Crippen LogP contribution in [0.2, 0.25) is 0 Å². The molecule has 1 nitrogen and oxygen atoms in total. The zero-order chi connectivity index (χ0) is 7.84. The Labute approximate surface area is 68.4 Å². The standard InChI is InChI=1S/C10H15N/c1-3-8(2)5-11-6-9-4-10(9)7-11/h3,9-10H,1-2,4-7H2. The Hall–Kier alpha value is -0.560. The highest BCUT2D eigenvalue weighted by Gasteiger charge is 2.44. The van der Waals surface area contributed by atoms with Crippen LogP contribution in [0.1, 0.15) is 6.42 Å². The summed E-state index contributed by atoms with van der Waals surface area (Å²) in [6.07, 6.45) is 3.35. The Morgan fingerprint density at radius 1 is 1.45 bits per heavy atom. The topological polar surface area (TPSA) is 3.24 Å². The Balaban J connectivity index is 1.79. The first-order valence-corrected chi connectivity index (χ1v) is 4.32. The molecule has 2 rings (SSSR count). The molecule has 1 saturated carbocycles. The lowest BCUT2D eigenvalue weighted by Crippen LogP contribution is -2.24. The maximum atomic E-state index is 3.92. The predicted molar refractivity (Wildman–Crippen MR) is 47.4 cm³/mol. The van der Waals surface area contributed by atoms with Gasteiger partial charge in [-0.15, -0.1) is 0 Å². The van der Waals surface area contributed by atoms with Gasteiger partial charge in [0.2, 0.25) is 0 Å². The van der Waals surface area contributed by atoms with Crippen LogP contribution in [0.4, 0.5) is 0 Å². The van der Waals surface area contributed by atoms with Crippen molar-refractivity contribution in [3.63, 3.8) is 0 Å². The molecule has 0 radical (unpaired) electrons. The molecule has 2 unspecified atom stereocenters. The van der Waals surface area contributed by atoms with Crippen molar-refractivity contribution in [1.29, 1.82) is 0 Å². The SMILES string of the molecule is C=CC(=C)CN1CC2CC2C1. The molecule has 2 atom stereocenters. The van der Waals surface area contributed by atoms with E-state index in [0.29, 0.717) is 0 Å². The summed E-state index contributed by atoms with van der Waals surface area (Å²) >= 11 is 0. The summed E-state index contributed by atoms with van der Waals surface area (Å²) in [6.45, 7) is 11.3. The van der Waals surface area contributed by atoms with Crippen LogP contribution in [0, 0.1) is 11.8 Å². The number of likely N-dealkylation sites (tertiary alicyclic amines) is 1. The molecular weight excluding hydrogens is 134 g/mol. The van der Waals surface area contributed by atoms with Crippen molar-refractivity contribution in [2.24, 2.45) is 11.8 Å². The van der Waals surface area contributed by atoms with Gasteiger partial charge in [-0.05, 0) is 23.8 Å². The van der Waals surface area contributed by atoms with Crippen molar-refractivity contribution in [3.05, 3.63) is 24.8 Å². The van der Waals surface area contributed by atoms with Gasteiger partial charge in [0.15, 0.2) is 0 Å². The molecular formula is C10H15N. The van der Waals surface area contributed by atoms with E-state index < -0.39 is 0 Å². The molecule has 0 aromatic carbocycles. The molecule has 2 aliphatic rings. The lowest BCUT2D eigenvalue weighted by molar-refractivity contribution is 0.333. The minimum atomic E-state index is 1.03. The van der Waals surface area contributed by atoms with Crippen molar-refractivity contribution in [1.82, 2.24) is 4.90 Å². The molecule has 0 spiro atoms. The van der Waals surface area contributed by atoms with Crippen molar-refractivity contribution in [2.75, 3.05) is 19.6 Å². The van der Waals surface area contributed by atoms with Crippen molar-refractivity contribution < 1.29 is 0 Å². The summed E-state index contributed by atoms with van der Waals surface area (Å²) in [5.74, 6) is 2.07. The molecule has 1 aliphatic carbocycles. The van der Waals surface area contributed by atoms with Gasteiger partial charge in [-0.25, -0.2) is 0 Å². The Morgan fingerprint density at radius 3 is 2.64 bits per heavy atom. The number of hydrogen-bond acceptors (Lipinski definition) is 1. The lowest BCUT2D eigenvalue weighted by atomic mass is 10.3. The van der Waals surface area contributed by atoms with Crippen LogP contribution in [0.5, 0.6) is 0 Å². The van der Waals surface area contributed by atoms with Gasteiger partial charge in [0.25, 0.3) is 0 Å². The van der Waals surface area contributed by atoms with Crippen LogP contribution in [0.15, 0.2) is 24.8 Å². The molecule has 0 amide bonds. The van der Waals surface area contributed by atoms with Crippen molar-refractivity contribution >= 4 is 0 Å². The van der Waals surface area contributed by atoms with Gasteiger partial charge in [0.05, 0.1) is 0 Å². The quantitative estimate of drug-likeness (QED) is 0.552. The summed E-state index contributed by atoms with van der Waals surface area (Å²) in [7, 11) is 0. The second-order valence-corrected chi connectivity index (χ2v) is 3.81. The minimum Gasteiger partial charge on any atom is -0.299 e. The maximum Gasteiger partial charge on any atom is 0.0227 e. The molecule has 1 saturated heterocycles. The summed E-state index contributed by atoms with van der Waals surface area (Å²) in [6, 6.07) is 0. The number of piperidine rings is 1. The highest BCUT2D eigenvalue weighted by Crippen LogP contribution is 2.44.